The van der Waals surface area contributed by atoms with Crippen molar-refractivity contribution in [2.75, 3.05) is 32.4 Å². The normalized spacial score (nSPS) is 17.2. The monoisotopic (exact) mass is 304 g/mol. The summed E-state index contributed by atoms with van der Waals surface area (Å²) in [5.74, 6) is 0.509. The summed E-state index contributed by atoms with van der Waals surface area (Å²) in [5, 5.41) is 3.95. The first kappa shape index (κ1) is 14.3. The zero-order valence-electron chi connectivity index (χ0n) is 12.1. The molecule has 6 heteroatoms. The number of carbonyl (C=O) groups is 1. The lowest BCUT2D eigenvalue weighted by Gasteiger charge is -2.28. The average Bonchev–Trinajstić information content (AvgIpc) is 2.84. The molecule has 5 nitrogen and oxygen atoms in total. The van der Waals surface area contributed by atoms with Crippen LogP contribution in [0.4, 0.5) is 5.69 Å². The number of thiophene rings is 1. The van der Waals surface area contributed by atoms with Crippen molar-refractivity contribution >= 4 is 33.0 Å². The molecule has 0 aliphatic carbocycles. The van der Waals surface area contributed by atoms with Gasteiger partial charge in [0.25, 0.3) is 5.91 Å². The second kappa shape index (κ2) is 5.99. The largest absolute Gasteiger partial charge is 0.397 e. The van der Waals surface area contributed by atoms with Crippen LogP contribution in [0.3, 0.4) is 0 Å². The van der Waals surface area contributed by atoms with E-state index in [1.54, 1.807) is 12.4 Å². The molecule has 0 spiro atoms. The number of nitrogen functional groups attached to an aromatic ring is 1. The van der Waals surface area contributed by atoms with Crippen molar-refractivity contribution in [1.29, 1.82) is 0 Å². The Morgan fingerprint density at radius 2 is 2.29 bits per heavy atom. The van der Waals surface area contributed by atoms with Gasteiger partial charge in [0.15, 0.2) is 0 Å². The van der Waals surface area contributed by atoms with Gasteiger partial charge in [0.1, 0.15) is 4.88 Å². The molecule has 1 aliphatic heterocycles. The van der Waals surface area contributed by atoms with Gasteiger partial charge in [0.05, 0.1) is 10.4 Å². The van der Waals surface area contributed by atoms with E-state index < -0.39 is 0 Å². The van der Waals surface area contributed by atoms with Gasteiger partial charge >= 0.3 is 0 Å². The summed E-state index contributed by atoms with van der Waals surface area (Å²) >= 11 is 1.41. The number of nitrogens with two attached hydrogens (primary N) is 1. The number of nitrogens with zero attached hydrogens (tertiary/aromatic N) is 2. The number of hydrogen-bond acceptors (Lipinski definition) is 5. The van der Waals surface area contributed by atoms with Gasteiger partial charge in [0.2, 0.25) is 0 Å². The van der Waals surface area contributed by atoms with Crippen molar-refractivity contribution < 1.29 is 4.79 Å². The lowest BCUT2D eigenvalue weighted by atomic mass is 9.97. The van der Waals surface area contributed by atoms with Gasteiger partial charge in [-0.05, 0) is 45.0 Å². The smallest absolute Gasteiger partial charge is 0.263 e. The third-order valence-electron chi connectivity index (χ3n) is 4.13. The molecule has 21 heavy (non-hydrogen) atoms. The highest BCUT2D eigenvalue weighted by atomic mass is 32.1. The van der Waals surface area contributed by atoms with Gasteiger partial charge in [-0.2, -0.15) is 0 Å². The lowest BCUT2D eigenvalue weighted by molar-refractivity contribution is 0.0944. The number of fused-ring (bicyclic) bond motifs is 1. The van der Waals surface area contributed by atoms with Gasteiger partial charge < -0.3 is 16.0 Å². The number of piperidine rings is 1. The zero-order chi connectivity index (χ0) is 14.8. The Bertz CT molecular complexity index is 646. The number of hydrogen-bond donors (Lipinski definition) is 2. The number of amides is 1. The first-order valence-electron chi connectivity index (χ1n) is 7.24. The fraction of sp³-hybridized carbons (Fsp3) is 0.467. The summed E-state index contributed by atoms with van der Waals surface area (Å²) in [7, 11) is 2.14. The molecule has 1 amide bonds. The number of carbonyl (C=O) groups excluding carboxylic acids is 1. The molecule has 0 saturated carbocycles. The number of likely N-dealkylation sites (tertiary alicyclic amines) is 1. The molecule has 112 valence electrons. The number of aromatic nitrogens is 1. The Hall–Kier alpha value is -1.66. The zero-order valence-corrected chi connectivity index (χ0v) is 12.9. The average molecular weight is 304 g/mol. The summed E-state index contributed by atoms with van der Waals surface area (Å²) < 4.78 is 0.958. The maximum absolute atomic E-state index is 12.3. The molecule has 2 aromatic heterocycles. The molecule has 0 aromatic carbocycles. The third kappa shape index (κ3) is 3.01. The maximum atomic E-state index is 12.3. The van der Waals surface area contributed by atoms with E-state index in [0.29, 0.717) is 16.5 Å². The van der Waals surface area contributed by atoms with E-state index in [1.807, 2.05) is 6.07 Å². The summed E-state index contributed by atoms with van der Waals surface area (Å²) in [5.41, 5.74) is 6.65. The van der Waals surface area contributed by atoms with E-state index in [-0.39, 0.29) is 5.91 Å². The molecule has 1 fully saturated rings. The van der Waals surface area contributed by atoms with Crippen LogP contribution in [0.2, 0.25) is 0 Å². The van der Waals surface area contributed by atoms with Crippen molar-refractivity contribution in [3.8, 4) is 0 Å². The summed E-state index contributed by atoms with van der Waals surface area (Å²) in [4.78, 5) is 19.3. The summed E-state index contributed by atoms with van der Waals surface area (Å²) in [6.45, 7) is 2.95. The van der Waals surface area contributed by atoms with E-state index in [9.17, 15) is 4.79 Å². The van der Waals surface area contributed by atoms with E-state index >= 15 is 0 Å². The van der Waals surface area contributed by atoms with Crippen molar-refractivity contribution in [1.82, 2.24) is 15.2 Å². The van der Waals surface area contributed by atoms with Crippen molar-refractivity contribution in [2.24, 2.45) is 5.92 Å². The van der Waals surface area contributed by atoms with Crippen molar-refractivity contribution in [2.45, 2.75) is 12.8 Å². The predicted molar refractivity (Wildman–Crippen MR) is 86.6 cm³/mol. The number of rotatable bonds is 3. The van der Waals surface area contributed by atoms with Gasteiger partial charge in [-0.15, -0.1) is 11.3 Å². The first-order chi connectivity index (χ1) is 10.1. The number of anilines is 1. The fourth-order valence-electron chi connectivity index (χ4n) is 2.72. The minimum atomic E-state index is -0.0624. The first-order valence-corrected chi connectivity index (χ1v) is 8.05. The van der Waals surface area contributed by atoms with E-state index in [4.69, 9.17) is 5.73 Å². The third-order valence-corrected chi connectivity index (χ3v) is 5.28. The highest BCUT2D eigenvalue weighted by molar-refractivity contribution is 7.21. The molecule has 0 unspecified atom stereocenters. The highest BCUT2D eigenvalue weighted by Crippen LogP contribution is 2.32. The Balaban J connectivity index is 1.65. The summed E-state index contributed by atoms with van der Waals surface area (Å²) in [6, 6.07) is 1.86. The molecule has 1 aliphatic rings. The quantitative estimate of drug-likeness (QED) is 0.909. The van der Waals surface area contributed by atoms with Gasteiger partial charge in [-0.1, -0.05) is 0 Å². The lowest BCUT2D eigenvalue weighted by Crippen LogP contribution is -2.36. The second-order valence-corrected chi connectivity index (χ2v) is 6.73. The standard InChI is InChI=1S/C15H20N4OS/c1-19-6-3-10(4-7-19)8-18-15(20)14-13(16)11-2-5-17-9-12(11)21-14/h2,5,9-10H,3-4,6-8,16H2,1H3,(H,18,20). The molecular formula is C15H20N4OS. The second-order valence-electron chi connectivity index (χ2n) is 5.67. The van der Waals surface area contributed by atoms with Gasteiger partial charge in [-0.25, -0.2) is 0 Å². The molecule has 1 saturated heterocycles. The molecular weight excluding hydrogens is 284 g/mol. The van der Waals surface area contributed by atoms with Crippen LogP contribution in [0.1, 0.15) is 22.5 Å². The van der Waals surface area contributed by atoms with Crippen LogP contribution in [0, 0.1) is 5.92 Å². The number of pyridine rings is 1. The molecule has 0 bridgehead atoms. The van der Waals surface area contributed by atoms with Crippen molar-refractivity contribution in [3.63, 3.8) is 0 Å². The topological polar surface area (TPSA) is 71.2 Å². The van der Waals surface area contributed by atoms with Crippen LogP contribution in [-0.2, 0) is 0 Å². The fourth-order valence-corrected chi connectivity index (χ4v) is 3.73. The van der Waals surface area contributed by atoms with Crippen LogP contribution < -0.4 is 11.1 Å². The minimum absolute atomic E-state index is 0.0624. The van der Waals surface area contributed by atoms with Crippen LogP contribution in [-0.4, -0.2) is 42.5 Å². The van der Waals surface area contributed by atoms with E-state index in [1.165, 1.54) is 11.3 Å². The van der Waals surface area contributed by atoms with Crippen molar-refractivity contribution in [3.05, 3.63) is 23.3 Å². The maximum Gasteiger partial charge on any atom is 0.263 e. The molecule has 0 radical (unpaired) electrons. The van der Waals surface area contributed by atoms with E-state index in [0.717, 1.165) is 42.6 Å². The SMILES string of the molecule is CN1CCC(CNC(=O)c2sc3cnccc3c2N)CC1. The van der Waals surface area contributed by atoms with Gasteiger partial charge in [0, 0.05) is 24.3 Å². The number of nitrogens with one attached hydrogen (secondary N) is 1. The molecule has 3 rings (SSSR count). The Morgan fingerprint density at radius 1 is 1.52 bits per heavy atom. The Kier molecular flexibility index (Phi) is 4.07. The predicted octanol–water partition coefficient (Wildman–Crippen LogP) is 1.95. The molecule has 3 N–H and O–H groups in total. The molecule has 0 atom stereocenters. The van der Waals surface area contributed by atoms with Crippen LogP contribution in [0.15, 0.2) is 18.5 Å². The van der Waals surface area contributed by atoms with Gasteiger partial charge in [-0.3, -0.25) is 9.78 Å². The Morgan fingerprint density at radius 3 is 3.00 bits per heavy atom. The van der Waals surface area contributed by atoms with Crippen LogP contribution in [0.25, 0.3) is 10.1 Å². The van der Waals surface area contributed by atoms with Crippen LogP contribution >= 0.6 is 11.3 Å². The molecule has 3 heterocycles. The highest BCUT2D eigenvalue weighted by Gasteiger charge is 2.20. The minimum Gasteiger partial charge on any atom is -0.397 e. The molecule has 2 aromatic rings. The van der Waals surface area contributed by atoms with Crippen LogP contribution in [0.5, 0.6) is 0 Å². The Labute approximate surface area is 128 Å². The summed E-state index contributed by atoms with van der Waals surface area (Å²) in [6.07, 6.45) is 5.74. The van der Waals surface area contributed by atoms with E-state index in [2.05, 4.69) is 22.2 Å².